The predicted octanol–water partition coefficient (Wildman–Crippen LogP) is 4.40. The zero-order valence-corrected chi connectivity index (χ0v) is 11.8. The molecule has 0 saturated carbocycles. The Morgan fingerprint density at radius 3 is 2.42 bits per heavy atom. The van der Waals surface area contributed by atoms with Crippen molar-refractivity contribution in [3.05, 3.63) is 65.8 Å². The highest BCUT2D eigenvalue weighted by molar-refractivity contribution is 5.92. The van der Waals surface area contributed by atoms with Crippen LogP contribution in [0.5, 0.6) is 0 Å². The quantitative estimate of drug-likeness (QED) is 0.776. The molecular formula is C17H21NO. The third kappa shape index (κ3) is 5.87. The molecule has 1 N–H and O–H groups in total. The normalized spacial score (nSPS) is 12.3. The zero-order chi connectivity index (χ0) is 14.1. The summed E-state index contributed by atoms with van der Waals surface area (Å²) in [7, 11) is 0. The molecule has 2 heteroatoms. The molecule has 0 radical (unpaired) electrons. The van der Waals surface area contributed by atoms with Crippen LogP contribution >= 0.6 is 0 Å². The van der Waals surface area contributed by atoms with Gasteiger partial charge in [-0.25, -0.2) is 0 Å². The van der Waals surface area contributed by atoms with Crippen LogP contribution in [-0.2, 0) is 4.79 Å². The van der Waals surface area contributed by atoms with Crippen molar-refractivity contribution in [2.45, 2.75) is 27.2 Å². The Kier molecular flexibility index (Phi) is 6.37. The number of aryl methyl sites for hydroxylation is 1. The van der Waals surface area contributed by atoms with Gasteiger partial charge in [0.2, 0.25) is 5.91 Å². The van der Waals surface area contributed by atoms with Gasteiger partial charge in [-0.3, -0.25) is 4.79 Å². The maximum atomic E-state index is 11.9. The van der Waals surface area contributed by atoms with Gasteiger partial charge in [0, 0.05) is 5.69 Å². The summed E-state index contributed by atoms with van der Waals surface area (Å²) in [6.45, 7) is 5.92. The molecule has 1 rings (SSSR count). The Hall–Kier alpha value is -2.09. The molecule has 100 valence electrons. The van der Waals surface area contributed by atoms with Crippen molar-refractivity contribution in [3.63, 3.8) is 0 Å². The van der Waals surface area contributed by atoms with Gasteiger partial charge in [-0.2, -0.15) is 0 Å². The van der Waals surface area contributed by atoms with E-state index in [-0.39, 0.29) is 5.91 Å². The highest BCUT2D eigenvalue weighted by Gasteiger charge is 2.03. The molecule has 0 saturated heterocycles. The van der Waals surface area contributed by atoms with E-state index in [1.165, 1.54) is 5.56 Å². The summed E-state index contributed by atoms with van der Waals surface area (Å²) >= 11 is 0. The SMILES string of the molecule is C\C=C(/C=C\C=C\C)CC(=O)Nc1ccc(C)cc1. The van der Waals surface area contributed by atoms with Crippen LogP contribution in [0.2, 0.25) is 0 Å². The first-order valence-corrected chi connectivity index (χ1v) is 6.46. The Bertz CT molecular complexity index is 492. The molecule has 1 aromatic carbocycles. The van der Waals surface area contributed by atoms with Crippen LogP contribution in [0.25, 0.3) is 0 Å². The summed E-state index contributed by atoms with van der Waals surface area (Å²) in [4.78, 5) is 11.9. The average molecular weight is 255 g/mol. The smallest absolute Gasteiger partial charge is 0.228 e. The van der Waals surface area contributed by atoms with Gasteiger partial charge in [-0.05, 0) is 38.5 Å². The van der Waals surface area contributed by atoms with Gasteiger partial charge in [0.05, 0.1) is 6.42 Å². The number of anilines is 1. The van der Waals surface area contributed by atoms with Gasteiger partial charge in [0.15, 0.2) is 0 Å². The number of amides is 1. The molecule has 0 bridgehead atoms. The molecular weight excluding hydrogens is 234 g/mol. The van der Waals surface area contributed by atoms with Crippen LogP contribution in [0.3, 0.4) is 0 Å². The zero-order valence-electron chi connectivity index (χ0n) is 11.8. The van der Waals surface area contributed by atoms with E-state index in [4.69, 9.17) is 0 Å². The van der Waals surface area contributed by atoms with E-state index >= 15 is 0 Å². The number of carbonyl (C=O) groups excluding carboxylic acids is 1. The number of nitrogens with one attached hydrogen (secondary N) is 1. The Morgan fingerprint density at radius 1 is 1.16 bits per heavy atom. The molecule has 0 aliphatic rings. The van der Waals surface area contributed by atoms with Crippen molar-refractivity contribution < 1.29 is 4.79 Å². The molecule has 0 aromatic heterocycles. The molecule has 0 heterocycles. The molecule has 1 amide bonds. The van der Waals surface area contributed by atoms with E-state index in [1.54, 1.807) is 0 Å². The van der Waals surface area contributed by atoms with E-state index in [0.29, 0.717) is 6.42 Å². The summed E-state index contributed by atoms with van der Waals surface area (Å²) in [5, 5.41) is 2.89. The molecule has 0 aliphatic heterocycles. The number of carbonyl (C=O) groups is 1. The summed E-state index contributed by atoms with van der Waals surface area (Å²) in [6, 6.07) is 7.80. The lowest BCUT2D eigenvalue weighted by Gasteiger charge is -2.06. The van der Waals surface area contributed by atoms with E-state index in [2.05, 4.69) is 5.32 Å². The average Bonchev–Trinajstić information content (AvgIpc) is 2.40. The molecule has 0 aliphatic carbocycles. The second-order valence-corrected chi connectivity index (χ2v) is 4.34. The van der Waals surface area contributed by atoms with Crippen molar-refractivity contribution in [1.29, 1.82) is 0 Å². The highest BCUT2D eigenvalue weighted by Crippen LogP contribution is 2.11. The lowest BCUT2D eigenvalue weighted by Crippen LogP contribution is -2.11. The Balaban J connectivity index is 2.56. The van der Waals surface area contributed by atoms with Crippen molar-refractivity contribution in [3.8, 4) is 0 Å². The monoisotopic (exact) mass is 255 g/mol. The summed E-state index contributed by atoms with van der Waals surface area (Å²) in [5.74, 6) is 0.00193. The highest BCUT2D eigenvalue weighted by atomic mass is 16.1. The Morgan fingerprint density at radius 2 is 1.84 bits per heavy atom. The third-order valence-corrected chi connectivity index (χ3v) is 2.68. The molecule has 0 unspecified atom stereocenters. The van der Waals surface area contributed by atoms with Gasteiger partial charge in [-0.1, -0.05) is 48.1 Å². The number of benzene rings is 1. The first-order valence-electron chi connectivity index (χ1n) is 6.46. The fraction of sp³-hybridized carbons (Fsp3) is 0.235. The lowest BCUT2D eigenvalue weighted by atomic mass is 10.1. The number of rotatable bonds is 5. The van der Waals surface area contributed by atoms with Crippen molar-refractivity contribution in [1.82, 2.24) is 0 Å². The maximum absolute atomic E-state index is 11.9. The Labute approximate surface area is 115 Å². The molecule has 1 aromatic rings. The lowest BCUT2D eigenvalue weighted by molar-refractivity contribution is -0.115. The van der Waals surface area contributed by atoms with Gasteiger partial charge in [0.25, 0.3) is 0 Å². The van der Waals surface area contributed by atoms with Gasteiger partial charge in [-0.15, -0.1) is 0 Å². The molecule has 19 heavy (non-hydrogen) atoms. The van der Waals surface area contributed by atoms with Crippen LogP contribution in [0.15, 0.2) is 60.2 Å². The molecule has 0 fully saturated rings. The topological polar surface area (TPSA) is 29.1 Å². The predicted molar refractivity (Wildman–Crippen MR) is 82.1 cm³/mol. The minimum absolute atomic E-state index is 0.00193. The second kappa shape index (κ2) is 8.09. The van der Waals surface area contributed by atoms with E-state index in [1.807, 2.05) is 75.4 Å². The molecule has 0 spiro atoms. The number of hydrogen-bond donors (Lipinski definition) is 1. The van der Waals surface area contributed by atoms with Crippen molar-refractivity contribution in [2.75, 3.05) is 5.32 Å². The maximum Gasteiger partial charge on any atom is 0.228 e. The van der Waals surface area contributed by atoms with Gasteiger partial charge >= 0.3 is 0 Å². The summed E-state index contributed by atoms with van der Waals surface area (Å²) in [5.41, 5.74) is 3.02. The van der Waals surface area contributed by atoms with Crippen LogP contribution < -0.4 is 5.32 Å². The number of hydrogen-bond acceptors (Lipinski definition) is 1. The molecule has 2 nitrogen and oxygen atoms in total. The van der Waals surface area contributed by atoms with Crippen LogP contribution in [0.1, 0.15) is 25.8 Å². The van der Waals surface area contributed by atoms with Gasteiger partial charge < -0.3 is 5.32 Å². The van der Waals surface area contributed by atoms with Crippen molar-refractivity contribution >= 4 is 11.6 Å². The minimum Gasteiger partial charge on any atom is -0.326 e. The van der Waals surface area contributed by atoms with E-state index in [0.717, 1.165) is 11.3 Å². The first-order chi connectivity index (χ1) is 9.15. The second-order valence-electron chi connectivity index (χ2n) is 4.34. The van der Waals surface area contributed by atoms with E-state index in [9.17, 15) is 4.79 Å². The van der Waals surface area contributed by atoms with Crippen LogP contribution in [-0.4, -0.2) is 5.91 Å². The fourth-order valence-electron chi connectivity index (χ4n) is 1.57. The van der Waals surface area contributed by atoms with Gasteiger partial charge in [0.1, 0.15) is 0 Å². The van der Waals surface area contributed by atoms with Crippen molar-refractivity contribution in [2.24, 2.45) is 0 Å². The largest absolute Gasteiger partial charge is 0.326 e. The summed E-state index contributed by atoms with van der Waals surface area (Å²) < 4.78 is 0. The van der Waals surface area contributed by atoms with Crippen LogP contribution in [0, 0.1) is 6.92 Å². The summed E-state index contributed by atoms with van der Waals surface area (Å²) in [6.07, 6.45) is 10.1. The minimum atomic E-state index is 0.00193. The van der Waals surface area contributed by atoms with Crippen LogP contribution in [0.4, 0.5) is 5.69 Å². The molecule has 0 atom stereocenters. The third-order valence-electron chi connectivity index (χ3n) is 2.68. The van der Waals surface area contributed by atoms with E-state index < -0.39 is 0 Å². The standard InChI is InChI=1S/C17H21NO/c1-4-6-7-8-15(5-2)13-17(19)18-16-11-9-14(3)10-12-16/h4-12H,13H2,1-3H3,(H,18,19)/b6-4+,8-7-,15-5+. The number of allylic oxidation sites excluding steroid dienone is 5. The fourth-order valence-corrected chi connectivity index (χ4v) is 1.57. The first kappa shape index (κ1) is 15.0.